The third-order valence-electron chi connectivity index (χ3n) is 5.87. The van der Waals surface area contributed by atoms with Crippen molar-refractivity contribution in [3.05, 3.63) is 76.3 Å². The van der Waals surface area contributed by atoms with Gasteiger partial charge in [-0.3, -0.25) is 14.3 Å². The number of benzene rings is 2. The van der Waals surface area contributed by atoms with Gasteiger partial charge in [-0.15, -0.1) is 0 Å². The van der Waals surface area contributed by atoms with Gasteiger partial charge < -0.3 is 14.6 Å². The predicted octanol–water partition coefficient (Wildman–Crippen LogP) is 5.55. The third kappa shape index (κ3) is 7.75. The molecule has 2 aromatic carbocycles. The Bertz CT molecular complexity index is 1460. The van der Waals surface area contributed by atoms with E-state index < -0.39 is 27.1 Å². The molecular weight excluding hydrogens is 573 g/mol. The van der Waals surface area contributed by atoms with Crippen molar-refractivity contribution >= 4 is 44.9 Å². The quantitative estimate of drug-likeness (QED) is 0.263. The average Bonchev–Trinajstić information content (AvgIpc) is 3.20. The summed E-state index contributed by atoms with van der Waals surface area (Å²) in [5, 5.41) is 2.98. The van der Waals surface area contributed by atoms with Crippen molar-refractivity contribution in [2.75, 3.05) is 17.1 Å². The minimum atomic E-state index is -5.71. The smallest absolute Gasteiger partial charge is 0.469 e. The molecule has 216 valence electrons. The number of sulfonamides is 1. The van der Waals surface area contributed by atoms with Crippen LogP contribution in [0.4, 0.5) is 24.5 Å². The van der Waals surface area contributed by atoms with E-state index in [0.29, 0.717) is 35.9 Å². The molecule has 0 saturated carbocycles. The van der Waals surface area contributed by atoms with Crippen LogP contribution in [-0.4, -0.2) is 42.5 Å². The summed E-state index contributed by atoms with van der Waals surface area (Å²) >= 11 is 6.61. The van der Waals surface area contributed by atoms with E-state index in [9.17, 15) is 31.2 Å². The van der Waals surface area contributed by atoms with Crippen LogP contribution >= 0.6 is 11.6 Å². The van der Waals surface area contributed by atoms with Crippen LogP contribution < -0.4 is 10.0 Å². The monoisotopic (exact) mass is 600 g/mol. The number of halogens is 4. The van der Waals surface area contributed by atoms with Gasteiger partial charge in [0.25, 0.3) is 5.91 Å². The Morgan fingerprint density at radius 3 is 2.38 bits per heavy atom. The Morgan fingerprint density at radius 2 is 1.75 bits per heavy atom. The van der Waals surface area contributed by atoms with Gasteiger partial charge >= 0.3 is 21.5 Å². The molecule has 9 nitrogen and oxygen atoms in total. The second kappa shape index (κ2) is 13.2. The minimum Gasteiger partial charge on any atom is -0.469 e. The zero-order chi connectivity index (χ0) is 29.5. The van der Waals surface area contributed by atoms with E-state index in [1.807, 2.05) is 4.57 Å². The highest BCUT2D eigenvalue weighted by atomic mass is 35.5. The molecule has 14 heteroatoms. The lowest BCUT2D eigenvalue weighted by atomic mass is 10.1. The fraction of sp³-hybridized carbons (Fsp3) is 0.346. The first-order valence-corrected chi connectivity index (χ1v) is 14.1. The van der Waals surface area contributed by atoms with Crippen molar-refractivity contribution in [3.8, 4) is 0 Å². The zero-order valence-corrected chi connectivity index (χ0v) is 23.3. The molecular formula is C26H28ClF3N4O5S. The van der Waals surface area contributed by atoms with E-state index in [0.717, 1.165) is 30.3 Å². The Balaban J connectivity index is 1.76. The number of rotatable bonds is 12. The van der Waals surface area contributed by atoms with Gasteiger partial charge in [-0.05, 0) is 36.2 Å². The lowest BCUT2D eigenvalue weighted by Gasteiger charge is -2.14. The molecule has 40 heavy (non-hydrogen) atoms. The fourth-order valence-electron chi connectivity index (χ4n) is 3.75. The summed E-state index contributed by atoms with van der Waals surface area (Å²) < 4.78 is 69.4. The molecule has 0 unspecified atom stereocenters. The molecule has 1 amide bonds. The number of amides is 1. The zero-order valence-electron chi connectivity index (χ0n) is 21.7. The number of methoxy groups -OCH3 is 1. The number of aryl methyl sites for hydroxylation is 2. The Hall–Kier alpha value is -3.58. The predicted molar refractivity (Wildman–Crippen MR) is 145 cm³/mol. The number of carbonyl (C=O) groups is 2. The molecule has 1 aromatic heterocycles. The van der Waals surface area contributed by atoms with Crippen molar-refractivity contribution in [1.82, 2.24) is 9.55 Å². The number of alkyl halides is 3. The van der Waals surface area contributed by atoms with Gasteiger partial charge in [-0.1, -0.05) is 49.2 Å². The van der Waals surface area contributed by atoms with Crippen LogP contribution in [0.2, 0.25) is 5.15 Å². The first-order chi connectivity index (χ1) is 18.9. The highest BCUT2D eigenvalue weighted by molar-refractivity contribution is 7.93. The van der Waals surface area contributed by atoms with Gasteiger partial charge in [0, 0.05) is 18.5 Å². The van der Waals surface area contributed by atoms with Crippen LogP contribution in [0, 0.1) is 0 Å². The van der Waals surface area contributed by atoms with Crippen LogP contribution in [0.5, 0.6) is 0 Å². The highest BCUT2D eigenvalue weighted by Crippen LogP contribution is 2.28. The molecule has 2 N–H and O–H groups in total. The number of para-hydroxylation sites is 1. The molecule has 1 heterocycles. The van der Waals surface area contributed by atoms with Gasteiger partial charge in [0.2, 0.25) is 0 Å². The highest BCUT2D eigenvalue weighted by Gasteiger charge is 2.46. The lowest BCUT2D eigenvalue weighted by Crippen LogP contribution is -2.30. The molecule has 0 aliphatic carbocycles. The summed E-state index contributed by atoms with van der Waals surface area (Å²) in [6.45, 7) is 2.43. The summed E-state index contributed by atoms with van der Waals surface area (Å²) in [7, 11) is -4.39. The van der Waals surface area contributed by atoms with Crippen LogP contribution in [0.25, 0.3) is 0 Å². The average molecular weight is 601 g/mol. The summed E-state index contributed by atoms with van der Waals surface area (Å²) in [5.41, 5.74) is -4.57. The number of anilines is 2. The Labute approximate surface area is 234 Å². The van der Waals surface area contributed by atoms with Crippen molar-refractivity contribution in [2.24, 2.45) is 0 Å². The standard InChI is InChI=1S/C26H28ClF3N4O5S/c1-3-4-9-22-32-21(14-15-23(35)39-2)24(27)34(22)16-17-10-12-18(13-11-17)31-25(36)19-7-5-6-8-20(19)33-40(37,38)26(28,29)30/h5-8,10-13,33H,3-4,9,14-16H2,1-2H3,(H,31,36). The van der Waals surface area contributed by atoms with E-state index in [1.165, 1.54) is 30.0 Å². The SMILES string of the molecule is CCCCc1nc(CCC(=O)OC)c(Cl)n1Cc1ccc(NC(=O)c2ccccc2NS(=O)(=O)C(F)(F)F)cc1. The fourth-order valence-corrected chi connectivity index (χ4v) is 4.62. The van der Waals surface area contributed by atoms with Crippen LogP contribution in [0.3, 0.4) is 0 Å². The number of carbonyl (C=O) groups excluding carboxylic acids is 2. The summed E-state index contributed by atoms with van der Waals surface area (Å²) in [6, 6.07) is 11.6. The summed E-state index contributed by atoms with van der Waals surface area (Å²) in [6.07, 6.45) is 3.03. The molecule has 3 rings (SSSR count). The topological polar surface area (TPSA) is 119 Å². The second-order valence-electron chi connectivity index (χ2n) is 8.78. The number of esters is 1. The van der Waals surface area contributed by atoms with E-state index in [-0.39, 0.29) is 18.0 Å². The van der Waals surface area contributed by atoms with Crippen molar-refractivity contribution in [3.63, 3.8) is 0 Å². The van der Waals surface area contributed by atoms with E-state index in [2.05, 4.69) is 17.2 Å². The maximum Gasteiger partial charge on any atom is 0.516 e. The van der Waals surface area contributed by atoms with Crippen molar-refractivity contribution in [1.29, 1.82) is 0 Å². The molecule has 0 aliphatic heterocycles. The Morgan fingerprint density at radius 1 is 1.07 bits per heavy atom. The Kier molecular flexibility index (Phi) is 10.2. The van der Waals surface area contributed by atoms with Crippen LogP contribution in [-0.2, 0) is 38.9 Å². The largest absolute Gasteiger partial charge is 0.516 e. The van der Waals surface area contributed by atoms with Gasteiger partial charge in [0.15, 0.2) is 0 Å². The summed E-state index contributed by atoms with van der Waals surface area (Å²) in [4.78, 5) is 29.0. The lowest BCUT2D eigenvalue weighted by molar-refractivity contribution is -0.140. The first kappa shape index (κ1) is 31.0. The number of hydrogen-bond donors (Lipinski definition) is 2. The number of imidazole rings is 1. The summed E-state index contributed by atoms with van der Waals surface area (Å²) in [5.74, 6) is -0.385. The number of unbranched alkanes of at least 4 members (excludes halogenated alkanes) is 1. The molecule has 0 saturated heterocycles. The van der Waals surface area contributed by atoms with Crippen molar-refractivity contribution < 1.29 is 35.9 Å². The number of ether oxygens (including phenoxy) is 1. The van der Waals surface area contributed by atoms with Crippen LogP contribution in [0.1, 0.15) is 53.6 Å². The third-order valence-corrected chi connectivity index (χ3v) is 7.39. The number of nitrogens with zero attached hydrogens (tertiary/aromatic N) is 2. The number of aromatic nitrogens is 2. The van der Waals surface area contributed by atoms with E-state index in [1.54, 1.807) is 24.3 Å². The molecule has 3 aromatic rings. The minimum absolute atomic E-state index is 0.148. The van der Waals surface area contributed by atoms with Gasteiger partial charge in [0.05, 0.1) is 37.0 Å². The normalized spacial score (nSPS) is 11.8. The van der Waals surface area contributed by atoms with Gasteiger partial charge in [-0.25, -0.2) is 4.98 Å². The second-order valence-corrected chi connectivity index (χ2v) is 10.8. The first-order valence-electron chi connectivity index (χ1n) is 12.2. The molecule has 0 bridgehead atoms. The molecule has 0 atom stereocenters. The van der Waals surface area contributed by atoms with E-state index in [4.69, 9.17) is 16.3 Å². The van der Waals surface area contributed by atoms with Crippen LogP contribution in [0.15, 0.2) is 48.5 Å². The molecule has 0 radical (unpaired) electrons. The number of hydrogen-bond acceptors (Lipinski definition) is 6. The van der Waals surface area contributed by atoms with E-state index >= 15 is 0 Å². The van der Waals surface area contributed by atoms with Gasteiger partial charge in [-0.2, -0.15) is 21.6 Å². The molecule has 0 fully saturated rings. The maximum absolute atomic E-state index is 12.8. The van der Waals surface area contributed by atoms with Gasteiger partial charge in [0.1, 0.15) is 11.0 Å². The number of nitrogens with one attached hydrogen (secondary N) is 2. The molecule has 0 spiro atoms. The van der Waals surface area contributed by atoms with Crippen molar-refractivity contribution in [2.45, 2.75) is 51.1 Å². The molecule has 0 aliphatic rings. The maximum atomic E-state index is 12.8.